The molecule has 0 aliphatic carbocycles. The van der Waals surface area contributed by atoms with E-state index in [4.69, 9.17) is 4.74 Å². The van der Waals surface area contributed by atoms with Gasteiger partial charge in [-0.3, -0.25) is 0 Å². The van der Waals surface area contributed by atoms with E-state index in [0.29, 0.717) is 5.01 Å². The average molecular weight is 485 g/mol. The molecule has 0 saturated heterocycles. The van der Waals surface area contributed by atoms with E-state index in [9.17, 15) is 10.2 Å². The molecule has 33 heavy (non-hydrogen) atoms. The molecule has 0 bridgehead atoms. The molecule has 2 aromatic heterocycles. The van der Waals surface area contributed by atoms with Gasteiger partial charge in [-0.05, 0) is 82.5 Å². The number of nitrogens with one attached hydrogen (secondary N) is 1. The molecule has 0 spiro atoms. The van der Waals surface area contributed by atoms with Crippen LogP contribution in [0.5, 0.6) is 5.75 Å². The minimum Gasteiger partial charge on any atom is -0.496 e. The fraction of sp³-hybridized carbons (Fsp3) is 0.333. The first-order valence-electron chi connectivity index (χ1n) is 10.5. The van der Waals surface area contributed by atoms with Gasteiger partial charge in [0, 0.05) is 11.3 Å². The van der Waals surface area contributed by atoms with Crippen LogP contribution < -0.4 is 9.46 Å². The van der Waals surface area contributed by atoms with Gasteiger partial charge in [0.15, 0.2) is 0 Å². The molecule has 0 radical (unpaired) electrons. The van der Waals surface area contributed by atoms with Crippen LogP contribution in [0.3, 0.4) is 0 Å². The molecule has 0 saturated carbocycles. The zero-order chi connectivity index (χ0) is 24.0. The van der Waals surface area contributed by atoms with E-state index in [2.05, 4.69) is 14.8 Å². The number of ether oxygens (including phenoxy) is 1. The molecule has 0 atom stereocenters. The Morgan fingerprint density at radius 1 is 1.03 bits per heavy atom. The Hall–Kier alpha value is -2.59. The number of aromatic nitrogens is 3. The van der Waals surface area contributed by atoms with E-state index >= 15 is 0 Å². The van der Waals surface area contributed by atoms with Gasteiger partial charge in [0.1, 0.15) is 16.4 Å². The van der Waals surface area contributed by atoms with Crippen LogP contribution in [0, 0.1) is 6.92 Å². The quantitative estimate of drug-likeness (QED) is 0.305. The Kier molecular flexibility index (Phi) is 6.17. The fourth-order valence-corrected chi connectivity index (χ4v) is 5.14. The largest absolute Gasteiger partial charge is 0.496 e. The number of aryl methyl sites for hydroxylation is 1. The number of rotatable bonds is 7. The SMILES string of the molecule is COc1ccc(-c2c(C)nc3sc(C(C)(C)O)nn23)cc1SNc1ccc(C(C)(C)O)cc1. The van der Waals surface area contributed by atoms with E-state index in [1.807, 2.05) is 49.4 Å². The summed E-state index contributed by atoms with van der Waals surface area (Å²) in [6.07, 6.45) is 0. The highest BCUT2D eigenvalue weighted by Gasteiger charge is 2.25. The molecule has 7 nitrogen and oxygen atoms in total. The van der Waals surface area contributed by atoms with Crippen LogP contribution in [-0.2, 0) is 11.2 Å². The van der Waals surface area contributed by atoms with Crippen LogP contribution >= 0.6 is 23.3 Å². The van der Waals surface area contributed by atoms with Gasteiger partial charge in [0.05, 0.1) is 29.0 Å². The average Bonchev–Trinajstić information content (AvgIpc) is 3.28. The second kappa shape index (κ2) is 8.64. The molecular formula is C24H28N4O3S2. The maximum absolute atomic E-state index is 10.4. The van der Waals surface area contributed by atoms with Crippen molar-refractivity contribution in [3.63, 3.8) is 0 Å². The van der Waals surface area contributed by atoms with Crippen LogP contribution in [0.25, 0.3) is 16.2 Å². The molecule has 0 aliphatic rings. The minimum atomic E-state index is -1.03. The lowest BCUT2D eigenvalue weighted by Crippen LogP contribution is -2.15. The Bertz CT molecular complexity index is 1280. The molecule has 174 valence electrons. The Balaban J connectivity index is 1.65. The van der Waals surface area contributed by atoms with Gasteiger partial charge in [0.2, 0.25) is 4.96 Å². The fourth-order valence-electron chi connectivity index (χ4n) is 3.39. The molecule has 4 aromatic rings. The van der Waals surface area contributed by atoms with Gasteiger partial charge in [-0.25, -0.2) is 9.50 Å². The molecule has 2 heterocycles. The van der Waals surface area contributed by atoms with Crippen molar-refractivity contribution in [3.8, 4) is 17.0 Å². The van der Waals surface area contributed by atoms with Crippen molar-refractivity contribution in [3.05, 3.63) is 58.7 Å². The highest BCUT2D eigenvalue weighted by molar-refractivity contribution is 8.00. The predicted octanol–water partition coefficient (Wildman–Crippen LogP) is 5.35. The smallest absolute Gasteiger partial charge is 0.213 e. The highest BCUT2D eigenvalue weighted by atomic mass is 32.2. The molecule has 0 amide bonds. The summed E-state index contributed by atoms with van der Waals surface area (Å²) in [7, 11) is 1.65. The Morgan fingerprint density at radius 3 is 2.33 bits per heavy atom. The number of hydrogen-bond acceptors (Lipinski definition) is 8. The topological polar surface area (TPSA) is 91.9 Å². The molecule has 2 aromatic carbocycles. The van der Waals surface area contributed by atoms with Gasteiger partial charge in [0.25, 0.3) is 0 Å². The van der Waals surface area contributed by atoms with Crippen LogP contribution in [0.2, 0.25) is 0 Å². The summed E-state index contributed by atoms with van der Waals surface area (Å²) in [5.41, 5.74) is 2.57. The van der Waals surface area contributed by atoms with Crippen molar-refractivity contribution < 1.29 is 14.9 Å². The van der Waals surface area contributed by atoms with E-state index < -0.39 is 11.2 Å². The summed E-state index contributed by atoms with van der Waals surface area (Å²) >= 11 is 2.83. The first-order valence-corrected chi connectivity index (χ1v) is 12.1. The molecule has 0 unspecified atom stereocenters. The first-order chi connectivity index (χ1) is 15.5. The summed E-state index contributed by atoms with van der Waals surface area (Å²) in [5.74, 6) is 0.748. The first kappa shape index (κ1) is 23.6. The third-order valence-electron chi connectivity index (χ3n) is 5.21. The van der Waals surface area contributed by atoms with Gasteiger partial charge in [-0.15, -0.1) is 0 Å². The monoisotopic (exact) mass is 484 g/mol. The van der Waals surface area contributed by atoms with E-state index in [1.54, 1.807) is 39.3 Å². The maximum Gasteiger partial charge on any atom is 0.213 e. The predicted molar refractivity (Wildman–Crippen MR) is 134 cm³/mol. The number of anilines is 1. The summed E-state index contributed by atoms with van der Waals surface area (Å²) in [6, 6.07) is 13.7. The van der Waals surface area contributed by atoms with Crippen LogP contribution in [0.4, 0.5) is 5.69 Å². The van der Waals surface area contributed by atoms with Crippen molar-refractivity contribution in [1.82, 2.24) is 14.6 Å². The summed E-state index contributed by atoms with van der Waals surface area (Å²) in [5, 5.41) is 25.7. The highest BCUT2D eigenvalue weighted by Crippen LogP contribution is 2.37. The molecule has 4 rings (SSSR count). The normalized spacial score (nSPS) is 12.4. The Labute approximate surface area is 201 Å². The van der Waals surface area contributed by atoms with Crippen molar-refractivity contribution in [2.24, 2.45) is 0 Å². The van der Waals surface area contributed by atoms with Gasteiger partial charge < -0.3 is 19.7 Å². The molecule has 0 fully saturated rings. The lowest BCUT2D eigenvalue weighted by molar-refractivity contribution is 0.0771. The molecule has 0 aliphatic heterocycles. The number of methoxy groups -OCH3 is 1. The van der Waals surface area contributed by atoms with Gasteiger partial charge >= 0.3 is 0 Å². The lowest BCUT2D eigenvalue weighted by Gasteiger charge is -2.18. The molecule has 3 N–H and O–H groups in total. The number of imidazole rings is 1. The Morgan fingerprint density at radius 2 is 1.73 bits per heavy atom. The van der Waals surface area contributed by atoms with E-state index in [0.717, 1.165) is 43.8 Å². The minimum absolute atomic E-state index is 0.616. The lowest BCUT2D eigenvalue weighted by atomic mass is 9.98. The molecule has 9 heteroatoms. The molecular weight excluding hydrogens is 456 g/mol. The third kappa shape index (κ3) is 4.86. The summed E-state index contributed by atoms with van der Waals surface area (Å²) < 4.78 is 10.7. The number of hydrogen-bond donors (Lipinski definition) is 3. The number of aliphatic hydroxyl groups is 2. The maximum atomic E-state index is 10.4. The standard InChI is InChI=1S/C24H28N4O3S2/c1-14-20(28-22(25-14)32-21(26-28)24(4,5)30)15-7-12-18(31-6)19(13-15)33-27-17-10-8-16(9-11-17)23(2,3)29/h7-13,27,29-30H,1-6H3. The third-order valence-corrected chi connectivity index (χ3v) is 7.31. The van der Waals surface area contributed by atoms with Crippen LogP contribution in [0.15, 0.2) is 47.4 Å². The second-order valence-corrected chi connectivity index (χ2v) is 10.7. The van der Waals surface area contributed by atoms with Crippen molar-refractivity contribution in [1.29, 1.82) is 0 Å². The van der Waals surface area contributed by atoms with Gasteiger partial charge in [-0.1, -0.05) is 23.5 Å². The number of nitrogens with zero attached hydrogens (tertiary/aromatic N) is 3. The zero-order valence-electron chi connectivity index (χ0n) is 19.5. The van der Waals surface area contributed by atoms with Gasteiger partial charge in [-0.2, -0.15) is 5.10 Å². The number of benzene rings is 2. The number of fused-ring (bicyclic) bond motifs is 1. The zero-order valence-corrected chi connectivity index (χ0v) is 21.1. The van der Waals surface area contributed by atoms with E-state index in [-0.39, 0.29) is 0 Å². The summed E-state index contributed by atoms with van der Waals surface area (Å²) in [6.45, 7) is 8.94. The van der Waals surface area contributed by atoms with Crippen LogP contribution in [0.1, 0.15) is 44.0 Å². The van der Waals surface area contributed by atoms with Crippen LogP contribution in [-0.4, -0.2) is 31.9 Å². The van der Waals surface area contributed by atoms with E-state index in [1.165, 1.54) is 23.3 Å². The van der Waals surface area contributed by atoms with Crippen molar-refractivity contribution >= 4 is 33.9 Å². The van der Waals surface area contributed by atoms with Crippen molar-refractivity contribution in [2.75, 3.05) is 11.8 Å². The van der Waals surface area contributed by atoms with Crippen molar-refractivity contribution in [2.45, 2.75) is 50.7 Å². The second-order valence-electron chi connectivity index (χ2n) is 8.91. The summed E-state index contributed by atoms with van der Waals surface area (Å²) in [4.78, 5) is 6.31.